The average molecular weight is 284 g/mol. The molecule has 0 aliphatic carbocycles. The summed E-state index contributed by atoms with van der Waals surface area (Å²) in [6, 6.07) is 3.55. The lowest BCUT2D eigenvalue weighted by molar-refractivity contribution is 0.534. The highest BCUT2D eigenvalue weighted by Gasteiger charge is 2.22. The van der Waals surface area contributed by atoms with Gasteiger partial charge in [0.25, 0.3) is 0 Å². The van der Waals surface area contributed by atoms with Crippen LogP contribution < -0.4 is 10.5 Å². The van der Waals surface area contributed by atoms with Crippen molar-refractivity contribution in [2.24, 2.45) is 0 Å². The molecule has 0 saturated heterocycles. The first-order chi connectivity index (χ1) is 8.79. The van der Waals surface area contributed by atoms with Crippen molar-refractivity contribution in [3.8, 4) is 0 Å². The molecule has 1 rings (SSSR count). The summed E-state index contributed by atoms with van der Waals surface area (Å²) in [7, 11) is -3.55. The number of nitrogens with two attached hydrogens (primary N) is 1. The Morgan fingerprint density at radius 1 is 1.26 bits per heavy atom. The van der Waals surface area contributed by atoms with Gasteiger partial charge in [0.05, 0.1) is 5.69 Å². The molecule has 4 nitrogen and oxygen atoms in total. The van der Waals surface area contributed by atoms with Crippen LogP contribution in [0.2, 0.25) is 0 Å². The fourth-order valence-electron chi connectivity index (χ4n) is 2.06. The molecule has 1 aromatic rings. The van der Waals surface area contributed by atoms with Gasteiger partial charge >= 0.3 is 0 Å². The maximum absolute atomic E-state index is 12.4. The molecule has 0 aliphatic heterocycles. The normalized spacial score (nSPS) is 13.5. The Bertz CT molecular complexity index is 539. The molecule has 0 aliphatic rings. The minimum absolute atomic E-state index is 0.0794. The Kier molecular flexibility index (Phi) is 5.38. The van der Waals surface area contributed by atoms with Gasteiger partial charge in [-0.3, -0.25) is 0 Å². The molecule has 0 amide bonds. The number of anilines is 1. The smallest absolute Gasteiger partial charge is 0.243 e. The van der Waals surface area contributed by atoms with E-state index in [2.05, 4.69) is 11.6 Å². The summed E-state index contributed by atoms with van der Waals surface area (Å²) >= 11 is 0. The summed E-state index contributed by atoms with van der Waals surface area (Å²) in [6.07, 6.45) is 2.89. The number of aryl methyl sites for hydroxylation is 2. The number of benzene rings is 1. The zero-order chi connectivity index (χ0) is 14.6. The van der Waals surface area contributed by atoms with Crippen LogP contribution in [0.4, 0.5) is 5.69 Å². The predicted molar refractivity (Wildman–Crippen MR) is 79.6 cm³/mol. The first-order valence-corrected chi connectivity index (χ1v) is 8.16. The first kappa shape index (κ1) is 16.0. The van der Waals surface area contributed by atoms with Crippen molar-refractivity contribution in [2.75, 3.05) is 5.73 Å². The third-order valence-corrected chi connectivity index (χ3v) is 5.02. The molecule has 1 atom stereocenters. The van der Waals surface area contributed by atoms with Gasteiger partial charge < -0.3 is 5.73 Å². The van der Waals surface area contributed by atoms with E-state index in [0.717, 1.165) is 24.8 Å². The van der Waals surface area contributed by atoms with Gasteiger partial charge in [-0.25, -0.2) is 13.1 Å². The number of nitrogen functional groups attached to an aromatic ring is 1. The lowest BCUT2D eigenvalue weighted by Gasteiger charge is -2.17. The molecule has 0 spiro atoms. The van der Waals surface area contributed by atoms with E-state index in [9.17, 15) is 8.42 Å². The molecule has 0 heterocycles. The minimum Gasteiger partial charge on any atom is -0.397 e. The van der Waals surface area contributed by atoms with Gasteiger partial charge in [0.1, 0.15) is 4.90 Å². The van der Waals surface area contributed by atoms with Crippen LogP contribution in [0.3, 0.4) is 0 Å². The third kappa shape index (κ3) is 3.94. The highest BCUT2D eigenvalue weighted by molar-refractivity contribution is 7.89. The number of hydrogen-bond donors (Lipinski definition) is 2. The van der Waals surface area contributed by atoms with Gasteiger partial charge in [0, 0.05) is 6.04 Å². The molecular weight excluding hydrogens is 260 g/mol. The summed E-state index contributed by atoms with van der Waals surface area (Å²) in [5, 5.41) is 0. The Labute approximate surface area is 116 Å². The zero-order valence-electron chi connectivity index (χ0n) is 12.2. The molecule has 19 heavy (non-hydrogen) atoms. The van der Waals surface area contributed by atoms with E-state index >= 15 is 0 Å². The van der Waals surface area contributed by atoms with Crippen LogP contribution in [0.1, 0.15) is 44.2 Å². The van der Waals surface area contributed by atoms with Crippen molar-refractivity contribution in [1.82, 2.24) is 4.72 Å². The predicted octanol–water partition coefficient (Wildman–Crippen LogP) is 2.74. The molecule has 0 fully saturated rings. The van der Waals surface area contributed by atoms with Gasteiger partial charge in [-0.2, -0.15) is 0 Å². The van der Waals surface area contributed by atoms with Crippen molar-refractivity contribution in [3.05, 3.63) is 23.3 Å². The lowest BCUT2D eigenvalue weighted by Crippen LogP contribution is -2.33. The van der Waals surface area contributed by atoms with Crippen LogP contribution >= 0.6 is 0 Å². The van der Waals surface area contributed by atoms with Gasteiger partial charge in [-0.1, -0.05) is 31.9 Å². The van der Waals surface area contributed by atoms with Crippen molar-refractivity contribution in [2.45, 2.75) is 57.9 Å². The molecule has 0 bridgehead atoms. The second-order valence-corrected chi connectivity index (χ2v) is 6.76. The maximum atomic E-state index is 12.4. The number of sulfonamides is 1. The minimum atomic E-state index is -3.55. The molecule has 3 N–H and O–H groups in total. The van der Waals surface area contributed by atoms with E-state index in [4.69, 9.17) is 5.73 Å². The van der Waals surface area contributed by atoms with Crippen molar-refractivity contribution >= 4 is 15.7 Å². The Morgan fingerprint density at radius 3 is 2.42 bits per heavy atom. The third-order valence-electron chi connectivity index (χ3n) is 3.23. The molecule has 5 heteroatoms. The molecule has 0 aromatic heterocycles. The van der Waals surface area contributed by atoms with Crippen molar-refractivity contribution < 1.29 is 8.42 Å². The second-order valence-electron chi connectivity index (χ2n) is 5.11. The topological polar surface area (TPSA) is 72.2 Å². The van der Waals surface area contributed by atoms with Crippen LogP contribution in [0, 0.1) is 13.8 Å². The van der Waals surface area contributed by atoms with Crippen molar-refractivity contribution in [1.29, 1.82) is 0 Å². The SMILES string of the molecule is CCCCC(C)NS(=O)(=O)c1c(C)ccc(C)c1N. The Balaban J connectivity index is 3.04. The number of nitrogens with one attached hydrogen (secondary N) is 1. The standard InChI is InChI=1S/C14H24N2O2S/c1-5-6-7-12(4)16-19(17,18)14-11(3)9-8-10(2)13(14)15/h8-9,12,16H,5-7,15H2,1-4H3. The summed E-state index contributed by atoms with van der Waals surface area (Å²) in [6.45, 7) is 7.55. The van der Waals surface area contributed by atoms with Crippen LogP contribution in [0.5, 0.6) is 0 Å². The van der Waals surface area contributed by atoms with E-state index < -0.39 is 10.0 Å². The number of hydrogen-bond acceptors (Lipinski definition) is 3. The Hall–Kier alpha value is -1.07. The maximum Gasteiger partial charge on any atom is 0.243 e. The van der Waals surface area contributed by atoms with Gasteiger partial charge in [0.15, 0.2) is 0 Å². The second kappa shape index (κ2) is 6.39. The van der Waals surface area contributed by atoms with Gasteiger partial charge in [0.2, 0.25) is 10.0 Å². The van der Waals surface area contributed by atoms with Crippen LogP contribution in [-0.2, 0) is 10.0 Å². The van der Waals surface area contributed by atoms with E-state index in [1.165, 1.54) is 0 Å². The highest BCUT2D eigenvalue weighted by atomic mass is 32.2. The van der Waals surface area contributed by atoms with Gasteiger partial charge in [-0.15, -0.1) is 0 Å². The summed E-state index contributed by atoms with van der Waals surface area (Å²) in [5.74, 6) is 0. The fraction of sp³-hybridized carbons (Fsp3) is 0.571. The summed E-state index contributed by atoms with van der Waals surface area (Å²) < 4.78 is 27.5. The molecule has 108 valence electrons. The number of unbranched alkanes of at least 4 members (excludes halogenated alkanes) is 1. The van der Waals surface area contributed by atoms with E-state index in [1.54, 1.807) is 13.0 Å². The van der Waals surface area contributed by atoms with Crippen LogP contribution in [0.15, 0.2) is 17.0 Å². The molecule has 1 aromatic carbocycles. The lowest BCUT2D eigenvalue weighted by atomic mass is 10.1. The molecular formula is C14H24N2O2S. The fourth-order valence-corrected chi connectivity index (χ4v) is 3.76. The molecule has 0 saturated carbocycles. The largest absolute Gasteiger partial charge is 0.397 e. The highest BCUT2D eigenvalue weighted by Crippen LogP contribution is 2.26. The van der Waals surface area contributed by atoms with E-state index in [1.807, 2.05) is 19.9 Å². The van der Waals surface area contributed by atoms with E-state index in [0.29, 0.717) is 11.3 Å². The quantitative estimate of drug-likeness (QED) is 0.789. The van der Waals surface area contributed by atoms with Crippen molar-refractivity contribution in [3.63, 3.8) is 0 Å². The monoisotopic (exact) mass is 284 g/mol. The summed E-state index contributed by atoms with van der Waals surface area (Å²) in [5.41, 5.74) is 7.73. The summed E-state index contributed by atoms with van der Waals surface area (Å²) in [4.78, 5) is 0.218. The van der Waals surface area contributed by atoms with Gasteiger partial charge in [-0.05, 0) is 38.3 Å². The average Bonchev–Trinajstić information content (AvgIpc) is 2.31. The van der Waals surface area contributed by atoms with E-state index in [-0.39, 0.29) is 10.9 Å². The molecule has 0 radical (unpaired) electrons. The molecule has 1 unspecified atom stereocenters. The first-order valence-electron chi connectivity index (χ1n) is 6.67. The number of rotatable bonds is 6. The Morgan fingerprint density at radius 2 is 1.84 bits per heavy atom. The van der Waals surface area contributed by atoms with Crippen LogP contribution in [0.25, 0.3) is 0 Å². The van der Waals surface area contributed by atoms with Crippen LogP contribution in [-0.4, -0.2) is 14.5 Å². The zero-order valence-corrected chi connectivity index (χ0v) is 13.0.